The highest BCUT2D eigenvalue weighted by molar-refractivity contribution is 7.90. The summed E-state index contributed by atoms with van der Waals surface area (Å²) in [6.45, 7) is 4.59. The SMILES string of the molecule is CCCCCCCCCCCCCCCCCCCC.ClPCl. The third-order valence-electron chi connectivity index (χ3n) is 4.46. The Labute approximate surface area is 159 Å². The molecule has 0 saturated carbocycles. The fourth-order valence-corrected chi connectivity index (χ4v) is 2.97. The summed E-state index contributed by atoms with van der Waals surface area (Å²) in [6, 6.07) is 0. The standard InChI is InChI=1S/C20H42.Cl2HP/c1-3-5-7-9-11-13-15-17-19-20-18-16-14-12-10-8-6-4-2;1-3-2/h3-20H2,1-2H3;3H. The second-order valence-corrected chi connectivity index (χ2v) is 8.59. The fraction of sp³-hybridized carbons (Fsp3) is 1.00. The average Bonchev–Trinajstić information content (AvgIpc) is 2.55. The summed E-state index contributed by atoms with van der Waals surface area (Å²) >= 11 is 9.58. The van der Waals surface area contributed by atoms with Gasteiger partial charge in [0.25, 0.3) is 0 Å². The molecule has 0 N–H and O–H groups in total. The smallest absolute Gasteiger partial charge is 0.0713 e. The van der Waals surface area contributed by atoms with Crippen LogP contribution in [0.15, 0.2) is 0 Å². The molecule has 0 spiro atoms. The molecule has 0 aromatic heterocycles. The summed E-state index contributed by atoms with van der Waals surface area (Å²) < 4.78 is 0. The van der Waals surface area contributed by atoms with Crippen LogP contribution >= 0.6 is 29.8 Å². The van der Waals surface area contributed by atoms with Crippen LogP contribution in [0.4, 0.5) is 0 Å². The van der Waals surface area contributed by atoms with Gasteiger partial charge in [0.1, 0.15) is 0 Å². The summed E-state index contributed by atoms with van der Waals surface area (Å²) in [5.41, 5.74) is 0. The monoisotopic (exact) mass is 384 g/mol. The van der Waals surface area contributed by atoms with Gasteiger partial charge in [-0.2, -0.15) is 0 Å². The van der Waals surface area contributed by atoms with Crippen molar-refractivity contribution in [3.63, 3.8) is 0 Å². The molecular formula is C20H43Cl2P. The Morgan fingerprint density at radius 1 is 0.391 bits per heavy atom. The van der Waals surface area contributed by atoms with Crippen LogP contribution in [-0.2, 0) is 0 Å². The van der Waals surface area contributed by atoms with Gasteiger partial charge in [-0.1, -0.05) is 152 Å². The maximum atomic E-state index is 4.79. The minimum absolute atomic E-state index is 0.0278. The zero-order valence-corrected chi connectivity index (χ0v) is 18.5. The lowest BCUT2D eigenvalue weighted by molar-refractivity contribution is 0.526. The van der Waals surface area contributed by atoms with Gasteiger partial charge in [0.2, 0.25) is 0 Å². The van der Waals surface area contributed by atoms with E-state index in [9.17, 15) is 0 Å². The van der Waals surface area contributed by atoms with Crippen LogP contribution in [0, 0.1) is 0 Å². The third-order valence-corrected chi connectivity index (χ3v) is 4.46. The van der Waals surface area contributed by atoms with Crippen molar-refractivity contribution >= 4 is 29.8 Å². The molecule has 0 rings (SSSR count). The van der Waals surface area contributed by atoms with E-state index in [4.69, 9.17) is 22.5 Å². The molecular weight excluding hydrogens is 342 g/mol. The maximum Gasteiger partial charge on any atom is 0.0713 e. The molecule has 0 aliphatic carbocycles. The van der Waals surface area contributed by atoms with Crippen LogP contribution in [0.2, 0.25) is 0 Å². The van der Waals surface area contributed by atoms with Gasteiger partial charge >= 0.3 is 0 Å². The summed E-state index contributed by atoms with van der Waals surface area (Å²) in [4.78, 5) is 0. The summed E-state index contributed by atoms with van der Waals surface area (Å²) in [5.74, 6) is 0. The number of hydrogen-bond donors (Lipinski definition) is 0. The molecule has 3 heteroatoms. The van der Waals surface area contributed by atoms with E-state index in [1.54, 1.807) is 0 Å². The third kappa shape index (κ3) is 31.3. The number of rotatable bonds is 17. The quantitative estimate of drug-likeness (QED) is 0.173. The van der Waals surface area contributed by atoms with Crippen LogP contribution in [0.3, 0.4) is 0 Å². The molecule has 142 valence electrons. The number of unbranched alkanes of at least 4 members (excludes halogenated alkanes) is 17. The van der Waals surface area contributed by atoms with Crippen molar-refractivity contribution in [2.45, 2.75) is 129 Å². The van der Waals surface area contributed by atoms with Crippen molar-refractivity contribution in [2.24, 2.45) is 0 Å². The Morgan fingerprint density at radius 3 is 0.652 bits per heavy atom. The van der Waals surface area contributed by atoms with Gasteiger partial charge in [0.05, 0.1) is 7.29 Å². The van der Waals surface area contributed by atoms with Crippen molar-refractivity contribution in [3.05, 3.63) is 0 Å². The van der Waals surface area contributed by atoms with Crippen molar-refractivity contribution in [2.75, 3.05) is 0 Å². The highest BCUT2D eigenvalue weighted by Crippen LogP contribution is 2.19. The Hall–Kier alpha value is 1.01. The first-order chi connectivity index (χ1) is 11.3. The van der Waals surface area contributed by atoms with Crippen LogP contribution in [0.1, 0.15) is 129 Å². The molecule has 0 fully saturated rings. The first-order valence-corrected chi connectivity index (χ1v) is 13.3. The Bertz CT molecular complexity index is 159. The second-order valence-electron chi connectivity index (χ2n) is 6.73. The van der Waals surface area contributed by atoms with Gasteiger partial charge in [0, 0.05) is 0 Å². The average molecular weight is 385 g/mol. The molecule has 0 saturated heterocycles. The van der Waals surface area contributed by atoms with Gasteiger partial charge < -0.3 is 0 Å². The van der Waals surface area contributed by atoms with E-state index in [0.717, 1.165) is 0 Å². The van der Waals surface area contributed by atoms with E-state index in [0.29, 0.717) is 0 Å². The predicted molar refractivity (Wildman–Crippen MR) is 114 cm³/mol. The van der Waals surface area contributed by atoms with Crippen LogP contribution in [0.5, 0.6) is 0 Å². The molecule has 0 aliphatic heterocycles. The van der Waals surface area contributed by atoms with E-state index in [-0.39, 0.29) is 7.29 Å². The lowest BCUT2D eigenvalue weighted by Gasteiger charge is -2.03. The largest absolute Gasteiger partial charge is 0.0818 e. The molecule has 0 aromatic carbocycles. The molecule has 23 heavy (non-hydrogen) atoms. The van der Waals surface area contributed by atoms with Gasteiger partial charge in [0.15, 0.2) is 0 Å². The van der Waals surface area contributed by atoms with E-state index in [1.165, 1.54) is 116 Å². The Balaban J connectivity index is 0. The predicted octanol–water partition coefficient (Wildman–Crippen LogP) is 10.0. The van der Waals surface area contributed by atoms with Crippen molar-refractivity contribution in [1.29, 1.82) is 0 Å². The minimum atomic E-state index is 0.0278. The normalized spacial score (nSPS) is 10.4. The first-order valence-electron chi connectivity index (χ1n) is 10.3. The molecule has 0 amide bonds. The van der Waals surface area contributed by atoms with E-state index < -0.39 is 0 Å². The van der Waals surface area contributed by atoms with Gasteiger partial charge in [-0.25, -0.2) is 0 Å². The summed E-state index contributed by atoms with van der Waals surface area (Å²) in [6.07, 6.45) is 26.4. The van der Waals surface area contributed by atoms with Gasteiger partial charge in [-0.05, 0) is 0 Å². The molecule has 0 atom stereocenters. The van der Waals surface area contributed by atoms with Crippen molar-refractivity contribution in [1.82, 2.24) is 0 Å². The zero-order valence-electron chi connectivity index (χ0n) is 16.0. The summed E-state index contributed by atoms with van der Waals surface area (Å²) in [5, 5.41) is 0. The topological polar surface area (TPSA) is 0 Å². The van der Waals surface area contributed by atoms with E-state index in [1.807, 2.05) is 0 Å². The number of hydrogen-bond acceptors (Lipinski definition) is 0. The second kappa shape index (κ2) is 27.8. The fourth-order valence-electron chi connectivity index (χ4n) is 2.97. The molecule has 0 radical (unpaired) electrons. The molecule has 0 heterocycles. The molecule has 0 unspecified atom stereocenters. The Kier molecular flexibility index (Phi) is 31.8. The van der Waals surface area contributed by atoms with Gasteiger partial charge in [-0.15, -0.1) is 0 Å². The maximum absolute atomic E-state index is 4.79. The lowest BCUT2D eigenvalue weighted by atomic mass is 10.0. The van der Waals surface area contributed by atoms with Crippen LogP contribution in [-0.4, -0.2) is 0 Å². The minimum Gasteiger partial charge on any atom is -0.0818 e. The molecule has 0 aliphatic rings. The molecule has 0 bridgehead atoms. The number of halogens is 2. The van der Waals surface area contributed by atoms with E-state index in [2.05, 4.69) is 13.8 Å². The lowest BCUT2D eigenvalue weighted by Crippen LogP contribution is -1.83. The van der Waals surface area contributed by atoms with Crippen molar-refractivity contribution in [3.8, 4) is 0 Å². The van der Waals surface area contributed by atoms with E-state index >= 15 is 0 Å². The zero-order chi connectivity index (χ0) is 17.4. The highest BCUT2D eigenvalue weighted by atomic mass is 35.9. The Morgan fingerprint density at radius 2 is 0.522 bits per heavy atom. The highest BCUT2D eigenvalue weighted by Gasteiger charge is 1.94. The van der Waals surface area contributed by atoms with Crippen LogP contribution < -0.4 is 0 Å². The molecule has 0 aromatic rings. The summed E-state index contributed by atoms with van der Waals surface area (Å²) in [7, 11) is 0.0278. The molecule has 0 nitrogen and oxygen atoms in total. The van der Waals surface area contributed by atoms with Crippen LogP contribution in [0.25, 0.3) is 0 Å². The van der Waals surface area contributed by atoms with Crippen molar-refractivity contribution < 1.29 is 0 Å². The van der Waals surface area contributed by atoms with Gasteiger partial charge in [-0.3, -0.25) is 0 Å². The first kappa shape index (κ1) is 26.2.